The largest absolute Gasteiger partial charge is 0.376 e. The molecule has 0 atom stereocenters. The van der Waals surface area contributed by atoms with Gasteiger partial charge in [0.05, 0.1) is 18.9 Å². The molecule has 0 saturated carbocycles. The van der Waals surface area contributed by atoms with Gasteiger partial charge in [0.1, 0.15) is 5.82 Å². The van der Waals surface area contributed by atoms with Crippen LogP contribution in [0.5, 0.6) is 0 Å². The fourth-order valence-electron chi connectivity index (χ4n) is 2.31. The summed E-state index contributed by atoms with van der Waals surface area (Å²) in [6.07, 6.45) is 0.834. The Bertz CT molecular complexity index is 676. The van der Waals surface area contributed by atoms with E-state index in [2.05, 4.69) is 49.1 Å². The van der Waals surface area contributed by atoms with Gasteiger partial charge in [-0.05, 0) is 57.0 Å². The van der Waals surface area contributed by atoms with Gasteiger partial charge in [0.15, 0.2) is 5.82 Å². The molecule has 110 valence electrons. The first-order chi connectivity index (χ1) is 10.2. The highest BCUT2D eigenvalue weighted by atomic mass is 79.9. The Balaban J connectivity index is 2.09. The number of halogens is 2. The highest BCUT2D eigenvalue weighted by molar-refractivity contribution is 9.13. The number of hydrogen-bond acceptors (Lipinski definition) is 4. The van der Waals surface area contributed by atoms with E-state index in [0.717, 1.165) is 57.0 Å². The standard InChI is InChI=1S/C15H15Br2N3O/c1-2-18-15-10-8-21-6-5-13(10)19-14(20-15)9-3-4-11(16)12(17)7-9/h3-4,7H,2,5-6,8H2,1H3,(H,18,19,20). The van der Waals surface area contributed by atoms with Gasteiger partial charge >= 0.3 is 0 Å². The van der Waals surface area contributed by atoms with Crippen molar-refractivity contribution in [1.82, 2.24) is 9.97 Å². The zero-order valence-corrected chi connectivity index (χ0v) is 14.8. The van der Waals surface area contributed by atoms with Crippen LogP contribution in [0.15, 0.2) is 27.1 Å². The smallest absolute Gasteiger partial charge is 0.161 e. The number of aromatic nitrogens is 2. The number of hydrogen-bond donors (Lipinski definition) is 1. The lowest BCUT2D eigenvalue weighted by atomic mass is 10.1. The second kappa shape index (κ2) is 6.42. The second-order valence-corrected chi connectivity index (χ2v) is 6.49. The summed E-state index contributed by atoms with van der Waals surface area (Å²) in [6.45, 7) is 4.20. The van der Waals surface area contributed by atoms with Crippen molar-refractivity contribution in [3.63, 3.8) is 0 Å². The third kappa shape index (κ3) is 3.12. The average molecular weight is 413 g/mol. The number of fused-ring (bicyclic) bond motifs is 1. The average Bonchev–Trinajstić information content (AvgIpc) is 2.50. The molecular formula is C15H15Br2N3O. The third-order valence-electron chi connectivity index (χ3n) is 3.34. The summed E-state index contributed by atoms with van der Waals surface area (Å²) in [7, 11) is 0. The molecule has 0 saturated heterocycles. The van der Waals surface area contributed by atoms with E-state index in [9.17, 15) is 0 Å². The molecule has 1 aliphatic heterocycles. The molecule has 6 heteroatoms. The lowest BCUT2D eigenvalue weighted by Gasteiger charge is -2.20. The van der Waals surface area contributed by atoms with Gasteiger partial charge in [-0.3, -0.25) is 0 Å². The molecule has 1 N–H and O–H groups in total. The van der Waals surface area contributed by atoms with Crippen molar-refractivity contribution in [3.8, 4) is 11.4 Å². The molecule has 0 aliphatic carbocycles. The number of benzene rings is 1. The molecule has 0 bridgehead atoms. The van der Waals surface area contributed by atoms with Crippen molar-refractivity contribution >= 4 is 37.7 Å². The number of anilines is 1. The zero-order chi connectivity index (χ0) is 14.8. The van der Waals surface area contributed by atoms with Crippen LogP contribution in [0.1, 0.15) is 18.2 Å². The number of ether oxygens (including phenoxy) is 1. The molecule has 2 aromatic rings. The van der Waals surface area contributed by atoms with Gasteiger partial charge in [0, 0.05) is 33.0 Å². The zero-order valence-electron chi connectivity index (χ0n) is 11.6. The predicted molar refractivity (Wildman–Crippen MR) is 90.4 cm³/mol. The van der Waals surface area contributed by atoms with Crippen LogP contribution >= 0.6 is 31.9 Å². The van der Waals surface area contributed by atoms with Gasteiger partial charge in [-0.2, -0.15) is 0 Å². The van der Waals surface area contributed by atoms with Crippen molar-refractivity contribution < 1.29 is 4.74 Å². The fraction of sp³-hybridized carbons (Fsp3) is 0.333. The van der Waals surface area contributed by atoms with E-state index in [1.54, 1.807) is 0 Å². The molecular weight excluding hydrogens is 398 g/mol. The predicted octanol–water partition coefficient (Wildman–Crippen LogP) is 4.17. The molecule has 1 aromatic heterocycles. The SMILES string of the molecule is CCNc1nc(-c2ccc(Br)c(Br)c2)nc2c1COCC2. The summed E-state index contributed by atoms with van der Waals surface area (Å²) in [6, 6.07) is 6.05. The molecule has 0 unspecified atom stereocenters. The van der Waals surface area contributed by atoms with Gasteiger partial charge < -0.3 is 10.1 Å². The molecule has 0 spiro atoms. The Kier molecular flexibility index (Phi) is 4.57. The van der Waals surface area contributed by atoms with Crippen molar-refractivity contribution in [2.24, 2.45) is 0 Å². The summed E-state index contributed by atoms with van der Waals surface area (Å²) < 4.78 is 7.54. The van der Waals surface area contributed by atoms with Crippen LogP contribution in [-0.4, -0.2) is 23.1 Å². The summed E-state index contributed by atoms with van der Waals surface area (Å²) >= 11 is 7.01. The van der Waals surface area contributed by atoms with E-state index in [4.69, 9.17) is 9.72 Å². The Hall–Kier alpha value is -0.980. The molecule has 0 amide bonds. The van der Waals surface area contributed by atoms with Gasteiger partial charge in [-0.25, -0.2) is 9.97 Å². The molecule has 1 aliphatic rings. The van der Waals surface area contributed by atoms with Crippen LogP contribution in [0.25, 0.3) is 11.4 Å². The lowest BCUT2D eigenvalue weighted by molar-refractivity contribution is 0.109. The molecule has 2 heterocycles. The molecule has 1 aromatic carbocycles. The van der Waals surface area contributed by atoms with E-state index in [-0.39, 0.29) is 0 Å². The van der Waals surface area contributed by atoms with Crippen LogP contribution in [0.2, 0.25) is 0 Å². The molecule has 21 heavy (non-hydrogen) atoms. The minimum Gasteiger partial charge on any atom is -0.376 e. The summed E-state index contributed by atoms with van der Waals surface area (Å²) in [4.78, 5) is 9.41. The first kappa shape index (κ1) is 14.9. The van der Waals surface area contributed by atoms with Gasteiger partial charge in [-0.1, -0.05) is 0 Å². The van der Waals surface area contributed by atoms with E-state index < -0.39 is 0 Å². The minimum atomic E-state index is 0.585. The molecule has 3 rings (SSSR count). The van der Waals surface area contributed by atoms with Gasteiger partial charge in [-0.15, -0.1) is 0 Å². The quantitative estimate of drug-likeness (QED) is 0.821. The van der Waals surface area contributed by atoms with E-state index >= 15 is 0 Å². The Morgan fingerprint density at radius 3 is 2.86 bits per heavy atom. The van der Waals surface area contributed by atoms with Crippen molar-refractivity contribution in [3.05, 3.63) is 38.4 Å². The maximum atomic E-state index is 5.53. The minimum absolute atomic E-state index is 0.585. The first-order valence-electron chi connectivity index (χ1n) is 6.86. The topological polar surface area (TPSA) is 47.0 Å². The van der Waals surface area contributed by atoms with Gasteiger partial charge in [0.25, 0.3) is 0 Å². The second-order valence-electron chi connectivity index (χ2n) is 4.78. The maximum absolute atomic E-state index is 5.53. The normalized spacial score (nSPS) is 13.9. The monoisotopic (exact) mass is 411 g/mol. The maximum Gasteiger partial charge on any atom is 0.161 e. The first-order valence-corrected chi connectivity index (χ1v) is 8.44. The number of nitrogens with zero attached hydrogens (tertiary/aromatic N) is 2. The van der Waals surface area contributed by atoms with Gasteiger partial charge in [0.2, 0.25) is 0 Å². The fourth-order valence-corrected chi connectivity index (χ4v) is 2.94. The van der Waals surface area contributed by atoms with Crippen LogP contribution in [0.4, 0.5) is 5.82 Å². The van der Waals surface area contributed by atoms with Crippen molar-refractivity contribution in [2.45, 2.75) is 20.0 Å². The van der Waals surface area contributed by atoms with Crippen molar-refractivity contribution in [2.75, 3.05) is 18.5 Å². The van der Waals surface area contributed by atoms with E-state index in [1.807, 2.05) is 18.2 Å². The highest BCUT2D eigenvalue weighted by Gasteiger charge is 2.18. The van der Waals surface area contributed by atoms with E-state index in [1.165, 1.54) is 0 Å². The molecule has 4 nitrogen and oxygen atoms in total. The van der Waals surface area contributed by atoms with Crippen molar-refractivity contribution in [1.29, 1.82) is 0 Å². The number of rotatable bonds is 3. The van der Waals surface area contributed by atoms with Crippen LogP contribution < -0.4 is 5.32 Å². The van der Waals surface area contributed by atoms with Crippen LogP contribution in [0.3, 0.4) is 0 Å². The molecule has 0 radical (unpaired) electrons. The molecule has 0 fully saturated rings. The summed E-state index contributed by atoms with van der Waals surface area (Å²) in [5.41, 5.74) is 3.17. The van der Waals surface area contributed by atoms with Crippen LogP contribution in [0, 0.1) is 0 Å². The number of nitrogens with one attached hydrogen (secondary N) is 1. The third-order valence-corrected chi connectivity index (χ3v) is 5.22. The highest BCUT2D eigenvalue weighted by Crippen LogP contribution is 2.30. The van der Waals surface area contributed by atoms with E-state index in [0.29, 0.717) is 6.61 Å². The lowest BCUT2D eigenvalue weighted by Crippen LogP contribution is -2.17. The summed E-state index contributed by atoms with van der Waals surface area (Å²) in [5, 5.41) is 3.32. The summed E-state index contributed by atoms with van der Waals surface area (Å²) in [5.74, 6) is 1.64. The Morgan fingerprint density at radius 2 is 2.10 bits per heavy atom. The van der Waals surface area contributed by atoms with Crippen LogP contribution in [-0.2, 0) is 17.8 Å². The Labute approximate surface area is 140 Å². The Morgan fingerprint density at radius 1 is 1.24 bits per heavy atom.